The summed E-state index contributed by atoms with van der Waals surface area (Å²) < 4.78 is 2.01. The van der Waals surface area contributed by atoms with Crippen molar-refractivity contribution in [3.8, 4) is 0 Å². The van der Waals surface area contributed by atoms with Gasteiger partial charge >= 0.3 is 0 Å². The SMILES string of the molecule is CCNC(c1cnn(C(C)C)c1)c1nc2c(s1)CCC2. The van der Waals surface area contributed by atoms with Crippen molar-refractivity contribution in [2.45, 2.75) is 52.1 Å². The van der Waals surface area contributed by atoms with Gasteiger partial charge in [0.1, 0.15) is 5.01 Å². The minimum atomic E-state index is 0.183. The fraction of sp³-hybridized carbons (Fsp3) is 0.600. The maximum absolute atomic E-state index is 4.86. The molecule has 2 aromatic rings. The first-order chi connectivity index (χ1) is 9.69. The lowest BCUT2D eigenvalue weighted by Crippen LogP contribution is -2.21. The summed E-state index contributed by atoms with van der Waals surface area (Å²) in [5.41, 5.74) is 2.54. The van der Waals surface area contributed by atoms with Gasteiger partial charge in [-0.2, -0.15) is 5.10 Å². The van der Waals surface area contributed by atoms with Gasteiger partial charge in [0.05, 0.1) is 17.9 Å². The molecule has 1 atom stereocenters. The number of thiazole rings is 1. The van der Waals surface area contributed by atoms with Crippen LogP contribution >= 0.6 is 11.3 Å². The minimum Gasteiger partial charge on any atom is -0.304 e. The summed E-state index contributed by atoms with van der Waals surface area (Å²) in [6.45, 7) is 7.37. The van der Waals surface area contributed by atoms with Gasteiger partial charge in [-0.05, 0) is 39.7 Å². The number of fused-ring (bicyclic) bond motifs is 1. The molecular formula is C15H22N4S. The Balaban J connectivity index is 1.90. The van der Waals surface area contributed by atoms with E-state index in [1.54, 1.807) is 0 Å². The molecule has 0 fully saturated rings. The number of hydrogen-bond acceptors (Lipinski definition) is 4. The van der Waals surface area contributed by atoms with Crippen molar-refractivity contribution in [1.29, 1.82) is 0 Å². The van der Waals surface area contributed by atoms with Gasteiger partial charge < -0.3 is 5.32 Å². The van der Waals surface area contributed by atoms with Gasteiger partial charge in [-0.25, -0.2) is 4.98 Å². The van der Waals surface area contributed by atoms with Crippen molar-refractivity contribution in [1.82, 2.24) is 20.1 Å². The molecule has 0 saturated heterocycles. The number of rotatable bonds is 5. The van der Waals surface area contributed by atoms with E-state index in [1.165, 1.54) is 34.0 Å². The normalized spacial score (nSPS) is 15.8. The molecule has 1 aliphatic carbocycles. The molecular weight excluding hydrogens is 268 g/mol. The molecule has 4 nitrogen and oxygen atoms in total. The zero-order valence-electron chi connectivity index (χ0n) is 12.4. The van der Waals surface area contributed by atoms with Crippen LogP contribution in [0.25, 0.3) is 0 Å². The average Bonchev–Trinajstić information content (AvgIpc) is 3.10. The van der Waals surface area contributed by atoms with Gasteiger partial charge in [-0.3, -0.25) is 4.68 Å². The molecule has 1 aliphatic rings. The van der Waals surface area contributed by atoms with Gasteiger partial charge in [0, 0.05) is 22.7 Å². The zero-order valence-corrected chi connectivity index (χ0v) is 13.2. The molecule has 20 heavy (non-hydrogen) atoms. The predicted octanol–water partition coefficient (Wildman–Crippen LogP) is 3.11. The zero-order chi connectivity index (χ0) is 14.1. The van der Waals surface area contributed by atoms with Crippen LogP contribution in [0.2, 0.25) is 0 Å². The molecule has 0 saturated carbocycles. The second-order valence-corrected chi connectivity index (χ2v) is 6.73. The summed E-state index contributed by atoms with van der Waals surface area (Å²) in [7, 11) is 0. The number of hydrogen-bond donors (Lipinski definition) is 1. The van der Waals surface area contributed by atoms with Crippen LogP contribution in [0.3, 0.4) is 0 Å². The summed E-state index contributed by atoms with van der Waals surface area (Å²) in [5, 5.41) is 9.21. The van der Waals surface area contributed by atoms with Crippen LogP contribution in [0.4, 0.5) is 0 Å². The van der Waals surface area contributed by atoms with E-state index in [-0.39, 0.29) is 6.04 Å². The van der Waals surface area contributed by atoms with E-state index in [1.807, 2.05) is 22.2 Å². The molecule has 0 spiro atoms. The Hall–Kier alpha value is -1.20. The molecule has 0 aromatic carbocycles. The Morgan fingerprint density at radius 1 is 1.40 bits per heavy atom. The van der Waals surface area contributed by atoms with Crippen molar-refractivity contribution in [3.05, 3.63) is 33.5 Å². The highest BCUT2D eigenvalue weighted by Gasteiger charge is 2.23. The van der Waals surface area contributed by atoms with E-state index >= 15 is 0 Å². The van der Waals surface area contributed by atoms with E-state index in [0.29, 0.717) is 6.04 Å². The fourth-order valence-corrected chi connectivity index (χ4v) is 3.93. The van der Waals surface area contributed by atoms with Crippen LogP contribution in [0.15, 0.2) is 12.4 Å². The molecule has 0 radical (unpaired) electrons. The fourth-order valence-electron chi connectivity index (χ4n) is 2.67. The van der Waals surface area contributed by atoms with Gasteiger partial charge in [0.15, 0.2) is 0 Å². The lowest BCUT2D eigenvalue weighted by molar-refractivity contribution is 0.530. The van der Waals surface area contributed by atoms with Crippen molar-refractivity contribution in [3.63, 3.8) is 0 Å². The highest BCUT2D eigenvalue weighted by atomic mass is 32.1. The van der Waals surface area contributed by atoms with Gasteiger partial charge in [0.2, 0.25) is 0 Å². The highest BCUT2D eigenvalue weighted by Crippen LogP contribution is 2.33. The number of nitrogens with one attached hydrogen (secondary N) is 1. The second kappa shape index (κ2) is 5.66. The molecule has 1 N–H and O–H groups in total. The lowest BCUT2D eigenvalue weighted by atomic mass is 10.1. The Labute approximate surface area is 124 Å². The average molecular weight is 290 g/mol. The standard InChI is InChI=1S/C15H22N4S/c1-4-16-14(11-8-17-19(9-11)10(2)3)15-18-12-6-5-7-13(12)20-15/h8-10,14,16H,4-7H2,1-3H3. The largest absolute Gasteiger partial charge is 0.304 e. The highest BCUT2D eigenvalue weighted by molar-refractivity contribution is 7.11. The summed E-state index contributed by atoms with van der Waals surface area (Å²) >= 11 is 1.87. The third-order valence-corrected chi connectivity index (χ3v) is 4.97. The van der Waals surface area contributed by atoms with Crippen LogP contribution in [0.1, 0.15) is 60.4 Å². The maximum Gasteiger partial charge on any atom is 0.115 e. The first-order valence-electron chi connectivity index (χ1n) is 7.45. The molecule has 0 amide bonds. The molecule has 1 unspecified atom stereocenters. The maximum atomic E-state index is 4.86. The van der Waals surface area contributed by atoms with Gasteiger partial charge in [-0.15, -0.1) is 11.3 Å². The Morgan fingerprint density at radius 2 is 2.25 bits per heavy atom. The molecule has 0 bridgehead atoms. The van der Waals surface area contributed by atoms with Crippen molar-refractivity contribution < 1.29 is 0 Å². The van der Waals surface area contributed by atoms with E-state index in [4.69, 9.17) is 4.98 Å². The first kappa shape index (κ1) is 13.8. The van der Waals surface area contributed by atoms with Gasteiger partial charge in [-0.1, -0.05) is 6.92 Å². The first-order valence-corrected chi connectivity index (χ1v) is 8.26. The van der Waals surface area contributed by atoms with Crippen molar-refractivity contribution in [2.75, 3.05) is 6.54 Å². The third-order valence-electron chi connectivity index (χ3n) is 3.75. The van der Waals surface area contributed by atoms with Crippen LogP contribution in [-0.2, 0) is 12.8 Å². The lowest BCUT2D eigenvalue weighted by Gasteiger charge is -2.13. The number of nitrogens with zero attached hydrogens (tertiary/aromatic N) is 3. The van der Waals surface area contributed by atoms with E-state index in [9.17, 15) is 0 Å². The Kier molecular flexibility index (Phi) is 3.89. The van der Waals surface area contributed by atoms with E-state index in [2.05, 4.69) is 37.4 Å². The molecule has 2 heterocycles. The predicted molar refractivity (Wildman–Crippen MR) is 82.3 cm³/mol. The molecule has 2 aromatic heterocycles. The Morgan fingerprint density at radius 3 is 2.90 bits per heavy atom. The summed E-state index contributed by atoms with van der Waals surface area (Å²) in [6.07, 6.45) is 7.74. The van der Waals surface area contributed by atoms with E-state index < -0.39 is 0 Å². The quantitative estimate of drug-likeness (QED) is 0.920. The number of aryl methyl sites for hydroxylation is 2. The van der Waals surface area contributed by atoms with Gasteiger partial charge in [0.25, 0.3) is 0 Å². The van der Waals surface area contributed by atoms with Crippen LogP contribution < -0.4 is 5.32 Å². The summed E-state index contributed by atoms with van der Waals surface area (Å²) in [4.78, 5) is 6.34. The van der Waals surface area contributed by atoms with Crippen molar-refractivity contribution >= 4 is 11.3 Å². The molecule has 108 valence electrons. The second-order valence-electron chi connectivity index (χ2n) is 5.61. The summed E-state index contributed by atoms with van der Waals surface area (Å²) in [5.74, 6) is 0. The monoisotopic (exact) mass is 290 g/mol. The number of aromatic nitrogens is 3. The van der Waals surface area contributed by atoms with Crippen LogP contribution in [-0.4, -0.2) is 21.3 Å². The van der Waals surface area contributed by atoms with Crippen LogP contribution in [0, 0.1) is 0 Å². The topological polar surface area (TPSA) is 42.7 Å². The molecule has 0 aliphatic heterocycles. The summed E-state index contributed by atoms with van der Waals surface area (Å²) in [6, 6.07) is 0.579. The third kappa shape index (κ3) is 2.52. The minimum absolute atomic E-state index is 0.183. The molecule has 3 rings (SSSR count). The molecule has 5 heteroatoms. The van der Waals surface area contributed by atoms with E-state index in [0.717, 1.165) is 13.0 Å². The smallest absolute Gasteiger partial charge is 0.115 e. The van der Waals surface area contributed by atoms with Crippen molar-refractivity contribution in [2.24, 2.45) is 0 Å². The van der Waals surface area contributed by atoms with Crippen LogP contribution in [0.5, 0.6) is 0 Å². The Bertz CT molecular complexity index is 563.